The van der Waals surface area contributed by atoms with Crippen molar-refractivity contribution in [3.63, 3.8) is 0 Å². The monoisotopic (exact) mass is 322 g/mol. The largest absolute Gasteiger partial charge is 0.337 e. The summed E-state index contributed by atoms with van der Waals surface area (Å²) in [5, 5.41) is 7.92. The summed E-state index contributed by atoms with van der Waals surface area (Å²) in [6, 6.07) is 5.73. The first-order chi connectivity index (χ1) is 11.7. The van der Waals surface area contributed by atoms with E-state index < -0.39 is 0 Å². The Balaban J connectivity index is 1.55. The topological polar surface area (TPSA) is 87.7 Å². The van der Waals surface area contributed by atoms with Crippen LogP contribution in [-0.2, 0) is 0 Å². The Labute approximate surface area is 139 Å². The lowest BCUT2D eigenvalue weighted by Gasteiger charge is -2.32. The molecular formula is C17H18N6O. The number of likely N-dealkylation sites (tertiary alicyclic amines) is 1. The van der Waals surface area contributed by atoms with Crippen molar-refractivity contribution in [1.82, 2.24) is 30.0 Å². The van der Waals surface area contributed by atoms with Crippen molar-refractivity contribution < 1.29 is 4.79 Å². The summed E-state index contributed by atoms with van der Waals surface area (Å²) in [6.45, 7) is 3.21. The van der Waals surface area contributed by atoms with Crippen LogP contribution in [0.3, 0.4) is 0 Å². The number of aromatic amines is 1. The Bertz CT molecular complexity index is 889. The quantitative estimate of drug-likeness (QED) is 0.780. The molecule has 0 spiro atoms. The number of H-pyrrole nitrogens is 1. The zero-order valence-corrected chi connectivity index (χ0v) is 13.4. The predicted molar refractivity (Wildman–Crippen MR) is 88.5 cm³/mol. The van der Waals surface area contributed by atoms with Crippen molar-refractivity contribution in [2.24, 2.45) is 0 Å². The molecule has 1 amide bonds. The Kier molecular flexibility index (Phi) is 3.68. The number of fused-ring (bicyclic) bond motifs is 1. The highest BCUT2D eigenvalue weighted by Gasteiger charge is 2.27. The highest BCUT2D eigenvalue weighted by molar-refractivity contribution is 5.92. The van der Waals surface area contributed by atoms with Gasteiger partial charge in [0.15, 0.2) is 5.65 Å². The molecule has 3 aromatic rings. The van der Waals surface area contributed by atoms with Crippen molar-refractivity contribution in [3.05, 3.63) is 47.8 Å². The summed E-state index contributed by atoms with van der Waals surface area (Å²) in [4.78, 5) is 27.5. The predicted octanol–water partition coefficient (Wildman–Crippen LogP) is 2.08. The zero-order valence-electron chi connectivity index (χ0n) is 13.4. The summed E-state index contributed by atoms with van der Waals surface area (Å²) in [5.41, 5.74) is 2.26. The van der Waals surface area contributed by atoms with Crippen molar-refractivity contribution >= 4 is 16.9 Å². The molecule has 1 fully saturated rings. The number of hydrogen-bond donors (Lipinski definition) is 1. The molecule has 3 aromatic heterocycles. The minimum absolute atomic E-state index is 0.0344. The smallest absolute Gasteiger partial charge is 0.272 e. The normalized spacial score (nSPS) is 18.0. The van der Waals surface area contributed by atoms with Gasteiger partial charge in [0.05, 0.1) is 6.20 Å². The third-order valence-corrected chi connectivity index (χ3v) is 4.44. The van der Waals surface area contributed by atoms with Crippen LogP contribution in [0.25, 0.3) is 11.0 Å². The van der Waals surface area contributed by atoms with E-state index in [1.807, 2.05) is 17.0 Å². The molecule has 1 N–H and O–H groups in total. The number of pyridine rings is 1. The minimum atomic E-state index is -0.0344. The number of aromatic nitrogens is 5. The van der Waals surface area contributed by atoms with Crippen LogP contribution in [0.2, 0.25) is 0 Å². The molecule has 1 aliphatic heterocycles. The maximum Gasteiger partial charge on any atom is 0.272 e. The average Bonchev–Trinajstić information content (AvgIpc) is 3.09. The van der Waals surface area contributed by atoms with Gasteiger partial charge in [0, 0.05) is 36.3 Å². The zero-order chi connectivity index (χ0) is 16.5. The summed E-state index contributed by atoms with van der Waals surface area (Å²) in [6.07, 6.45) is 5.38. The minimum Gasteiger partial charge on any atom is -0.337 e. The number of carbonyl (C=O) groups excluding carboxylic acids is 1. The molecule has 0 saturated carbocycles. The number of rotatable bonds is 2. The van der Waals surface area contributed by atoms with Gasteiger partial charge in [0.25, 0.3) is 5.91 Å². The fourth-order valence-corrected chi connectivity index (χ4v) is 3.21. The van der Waals surface area contributed by atoms with E-state index in [1.165, 1.54) is 0 Å². The Morgan fingerprint density at radius 1 is 1.29 bits per heavy atom. The number of aryl methyl sites for hydroxylation is 1. The number of hydrogen-bond acceptors (Lipinski definition) is 5. The molecule has 0 aliphatic carbocycles. The lowest BCUT2D eigenvalue weighted by atomic mass is 9.94. The van der Waals surface area contributed by atoms with Crippen molar-refractivity contribution in [3.8, 4) is 0 Å². The molecule has 24 heavy (non-hydrogen) atoms. The van der Waals surface area contributed by atoms with Gasteiger partial charge in [-0.1, -0.05) is 0 Å². The summed E-state index contributed by atoms with van der Waals surface area (Å²) >= 11 is 0. The van der Waals surface area contributed by atoms with Crippen LogP contribution < -0.4 is 0 Å². The second-order valence-electron chi connectivity index (χ2n) is 6.12. The number of piperidine rings is 1. The number of amides is 1. The molecule has 0 radical (unpaired) electrons. The van der Waals surface area contributed by atoms with Crippen LogP contribution in [0.4, 0.5) is 0 Å². The molecule has 0 bridgehead atoms. The Morgan fingerprint density at radius 3 is 3.08 bits per heavy atom. The van der Waals surface area contributed by atoms with Gasteiger partial charge in [-0.15, -0.1) is 0 Å². The van der Waals surface area contributed by atoms with Crippen LogP contribution in [0.5, 0.6) is 0 Å². The van der Waals surface area contributed by atoms with Crippen LogP contribution in [0.15, 0.2) is 30.6 Å². The fraction of sp³-hybridized carbons (Fsp3) is 0.353. The molecule has 1 aliphatic rings. The van der Waals surface area contributed by atoms with E-state index in [-0.39, 0.29) is 11.8 Å². The van der Waals surface area contributed by atoms with Crippen LogP contribution >= 0.6 is 0 Å². The van der Waals surface area contributed by atoms with Gasteiger partial charge in [0.2, 0.25) is 0 Å². The highest BCUT2D eigenvalue weighted by atomic mass is 16.2. The molecule has 0 unspecified atom stereocenters. The molecule has 1 atom stereocenters. The number of nitrogens with one attached hydrogen (secondary N) is 1. The van der Waals surface area contributed by atoms with Crippen molar-refractivity contribution in [2.45, 2.75) is 25.7 Å². The third kappa shape index (κ3) is 2.73. The standard InChI is InChI=1S/C17H18N6O/c1-11-18-7-6-15(20-11)17(24)23-8-2-3-13(10-23)14-5-4-12-9-19-22-16(12)21-14/h4-7,9,13H,2-3,8,10H2,1H3,(H,19,21,22)/t13-/m0/s1. The molecule has 7 nitrogen and oxygen atoms in total. The molecule has 1 saturated heterocycles. The summed E-state index contributed by atoms with van der Waals surface area (Å²) in [7, 11) is 0. The molecule has 4 heterocycles. The van der Waals surface area contributed by atoms with Crippen molar-refractivity contribution in [2.75, 3.05) is 13.1 Å². The van der Waals surface area contributed by atoms with Crippen molar-refractivity contribution in [1.29, 1.82) is 0 Å². The molecule has 0 aromatic carbocycles. The molecule has 4 rings (SSSR count). The molecule has 122 valence electrons. The first kappa shape index (κ1) is 14.7. The molecule has 7 heteroatoms. The second kappa shape index (κ2) is 5.99. The van der Waals surface area contributed by atoms with E-state index in [2.05, 4.69) is 25.1 Å². The van der Waals surface area contributed by atoms with Gasteiger partial charge in [-0.05, 0) is 38.0 Å². The first-order valence-corrected chi connectivity index (χ1v) is 8.09. The average molecular weight is 322 g/mol. The van der Waals surface area contributed by atoms with Gasteiger partial charge >= 0.3 is 0 Å². The van der Waals surface area contributed by atoms with Crippen LogP contribution in [0, 0.1) is 6.92 Å². The Morgan fingerprint density at radius 2 is 2.21 bits per heavy atom. The van der Waals surface area contributed by atoms with E-state index >= 15 is 0 Å². The highest BCUT2D eigenvalue weighted by Crippen LogP contribution is 2.27. The summed E-state index contributed by atoms with van der Waals surface area (Å²) in [5.74, 6) is 0.812. The maximum atomic E-state index is 12.7. The van der Waals surface area contributed by atoms with E-state index in [4.69, 9.17) is 0 Å². The SMILES string of the molecule is Cc1nccc(C(=O)N2CCC[C@H](c3ccc4cn[nH]c4n3)C2)n1. The first-order valence-electron chi connectivity index (χ1n) is 8.09. The lowest BCUT2D eigenvalue weighted by molar-refractivity contribution is 0.0699. The second-order valence-corrected chi connectivity index (χ2v) is 6.12. The van der Waals surface area contributed by atoms with Gasteiger partial charge in [-0.25, -0.2) is 15.0 Å². The van der Waals surface area contributed by atoms with E-state index in [0.717, 1.165) is 36.1 Å². The van der Waals surface area contributed by atoms with Crippen LogP contribution in [0.1, 0.15) is 40.8 Å². The summed E-state index contributed by atoms with van der Waals surface area (Å²) < 4.78 is 0. The lowest BCUT2D eigenvalue weighted by Crippen LogP contribution is -2.39. The maximum absolute atomic E-state index is 12.7. The van der Waals surface area contributed by atoms with E-state index in [0.29, 0.717) is 18.1 Å². The van der Waals surface area contributed by atoms with Gasteiger partial charge in [-0.2, -0.15) is 5.10 Å². The fourth-order valence-electron chi connectivity index (χ4n) is 3.21. The molecular weight excluding hydrogens is 304 g/mol. The van der Waals surface area contributed by atoms with Gasteiger partial charge < -0.3 is 4.90 Å². The van der Waals surface area contributed by atoms with Crippen LogP contribution in [-0.4, -0.2) is 49.0 Å². The van der Waals surface area contributed by atoms with E-state index in [9.17, 15) is 4.79 Å². The number of carbonyl (C=O) groups is 1. The van der Waals surface area contributed by atoms with E-state index in [1.54, 1.807) is 25.4 Å². The number of nitrogens with zero attached hydrogens (tertiary/aromatic N) is 5. The van der Waals surface area contributed by atoms with Gasteiger partial charge in [0.1, 0.15) is 11.5 Å². The Hall–Kier alpha value is -2.83. The third-order valence-electron chi connectivity index (χ3n) is 4.44. The van der Waals surface area contributed by atoms with Gasteiger partial charge in [-0.3, -0.25) is 9.89 Å².